The van der Waals surface area contributed by atoms with Crippen LogP contribution in [0.25, 0.3) is 0 Å². The maximum atomic E-state index is 12.6. The first-order valence-electron chi connectivity index (χ1n) is 3.32. The summed E-state index contributed by atoms with van der Waals surface area (Å²) >= 11 is 0. The minimum atomic E-state index is -0.0347. The van der Waals surface area contributed by atoms with Crippen molar-refractivity contribution >= 4 is 0 Å². The van der Waals surface area contributed by atoms with E-state index in [9.17, 15) is 4.39 Å². The number of hydrogen-bond donors (Lipinski definition) is 0. The summed E-state index contributed by atoms with van der Waals surface area (Å²) in [4.78, 5) is 0. The highest BCUT2D eigenvalue weighted by molar-refractivity contribution is 5.19. The molecule has 0 radical (unpaired) electrons. The van der Waals surface area contributed by atoms with Gasteiger partial charge in [0.1, 0.15) is 5.83 Å². The largest absolute Gasteiger partial charge is 0.207 e. The molecule has 0 saturated heterocycles. The molecule has 0 fully saturated rings. The van der Waals surface area contributed by atoms with Crippen LogP contribution in [-0.2, 0) is 0 Å². The topological polar surface area (TPSA) is 0 Å². The normalized spacial score (nSPS) is 20.2. The fourth-order valence-electron chi connectivity index (χ4n) is 0.934. The highest BCUT2D eigenvalue weighted by Crippen LogP contribution is 2.18. The van der Waals surface area contributed by atoms with Gasteiger partial charge in [0, 0.05) is 0 Å². The molecular weight excluding hydrogens is 115 g/mol. The highest BCUT2D eigenvalue weighted by atomic mass is 19.1. The van der Waals surface area contributed by atoms with Gasteiger partial charge in [-0.2, -0.15) is 0 Å². The fraction of sp³-hybridized carbons (Fsp3) is 0.500. The Kier molecular flexibility index (Phi) is 2.04. The zero-order valence-electron chi connectivity index (χ0n) is 5.65. The molecule has 50 valence electrons. The van der Waals surface area contributed by atoms with Crippen molar-refractivity contribution in [2.24, 2.45) is 0 Å². The summed E-state index contributed by atoms with van der Waals surface area (Å²) in [6, 6.07) is 0. The molecule has 0 nitrogen and oxygen atoms in total. The number of allylic oxidation sites excluding steroid dienone is 4. The van der Waals surface area contributed by atoms with Crippen molar-refractivity contribution in [1.82, 2.24) is 0 Å². The van der Waals surface area contributed by atoms with Crippen LogP contribution >= 0.6 is 0 Å². The predicted octanol–water partition coefficient (Wildman–Crippen LogP) is 2.97. The van der Waals surface area contributed by atoms with Crippen LogP contribution in [0.2, 0.25) is 0 Å². The van der Waals surface area contributed by atoms with Crippen LogP contribution in [0.1, 0.15) is 26.2 Å². The third-order valence-corrected chi connectivity index (χ3v) is 1.59. The zero-order chi connectivity index (χ0) is 6.69. The first-order valence-corrected chi connectivity index (χ1v) is 3.32. The van der Waals surface area contributed by atoms with Crippen LogP contribution in [0.4, 0.5) is 4.39 Å². The van der Waals surface area contributed by atoms with Crippen molar-refractivity contribution in [3.63, 3.8) is 0 Å². The average Bonchev–Trinajstić information content (AvgIpc) is 1.99. The smallest absolute Gasteiger partial charge is 0.121 e. The van der Waals surface area contributed by atoms with Crippen LogP contribution in [0.3, 0.4) is 0 Å². The summed E-state index contributed by atoms with van der Waals surface area (Å²) < 4.78 is 12.6. The van der Waals surface area contributed by atoms with Gasteiger partial charge in [-0.25, -0.2) is 4.39 Å². The molecule has 0 saturated carbocycles. The van der Waals surface area contributed by atoms with Gasteiger partial charge in [-0.15, -0.1) is 0 Å². The van der Waals surface area contributed by atoms with Crippen LogP contribution in [0, 0.1) is 0 Å². The van der Waals surface area contributed by atoms with E-state index in [-0.39, 0.29) is 5.83 Å². The van der Waals surface area contributed by atoms with Crippen molar-refractivity contribution in [2.45, 2.75) is 26.2 Å². The Morgan fingerprint density at radius 2 is 2.33 bits per heavy atom. The molecule has 0 atom stereocenters. The minimum Gasteiger partial charge on any atom is -0.207 e. The maximum absolute atomic E-state index is 12.6. The predicted molar refractivity (Wildman–Crippen MR) is 36.8 cm³/mol. The van der Waals surface area contributed by atoms with Gasteiger partial charge in [0.25, 0.3) is 0 Å². The van der Waals surface area contributed by atoms with Crippen molar-refractivity contribution in [3.05, 3.63) is 23.6 Å². The lowest BCUT2D eigenvalue weighted by molar-refractivity contribution is 0.646. The van der Waals surface area contributed by atoms with Crippen LogP contribution in [-0.4, -0.2) is 0 Å². The number of halogens is 1. The van der Waals surface area contributed by atoms with Crippen molar-refractivity contribution in [3.8, 4) is 0 Å². The molecule has 1 aliphatic rings. The van der Waals surface area contributed by atoms with E-state index >= 15 is 0 Å². The quantitative estimate of drug-likeness (QED) is 0.468. The van der Waals surface area contributed by atoms with E-state index in [4.69, 9.17) is 0 Å². The van der Waals surface area contributed by atoms with Gasteiger partial charge in [-0.1, -0.05) is 6.08 Å². The maximum Gasteiger partial charge on any atom is 0.121 e. The highest BCUT2D eigenvalue weighted by Gasteiger charge is 2.00. The molecule has 0 aliphatic heterocycles. The Hall–Kier alpha value is -0.590. The molecule has 0 aromatic carbocycles. The van der Waals surface area contributed by atoms with Gasteiger partial charge in [-0.3, -0.25) is 0 Å². The third kappa shape index (κ3) is 1.67. The molecule has 0 aromatic heterocycles. The van der Waals surface area contributed by atoms with Crippen LogP contribution in [0.15, 0.2) is 23.6 Å². The Balaban J connectivity index is 2.72. The van der Waals surface area contributed by atoms with Crippen molar-refractivity contribution in [1.29, 1.82) is 0 Å². The van der Waals surface area contributed by atoms with Gasteiger partial charge >= 0.3 is 0 Å². The van der Waals surface area contributed by atoms with E-state index in [1.54, 1.807) is 6.08 Å². The second kappa shape index (κ2) is 2.81. The van der Waals surface area contributed by atoms with E-state index in [1.165, 1.54) is 0 Å². The van der Waals surface area contributed by atoms with E-state index < -0.39 is 0 Å². The van der Waals surface area contributed by atoms with Gasteiger partial charge in [0.15, 0.2) is 0 Å². The minimum absolute atomic E-state index is 0.0347. The molecule has 0 amide bonds. The van der Waals surface area contributed by atoms with Gasteiger partial charge in [0.05, 0.1) is 0 Å². The van der Waals surface area contributed by atoms with E-state index in [0.29, 0.717) is 0 Å². The third-order valence-electron chi connectivity index (χ3n) is 1.59. The average molecular weight is 126 g/mol. The van der Waals surface area contributed by atoms with Crippen molar-refractivity contribution < 1.29 is 4.39 Å². The fourth-order valence-corrected chi connectivity index (χ4v) is 0.934. The summed E-state index contributed by atoms with van der Waals surface area (Å²) in [6.07, 6.45) is 6.49. The first kappa shape index (κ1) is 6.53. The molecule has 1 aliphatic carbocycles. The second-order valence-electron chi connectivity index (χ2n) is 2.42. The number of hydrogen-bond acceptors (Lipinski definition) is 0. The monoisotopic (exact) mass is 126 g/mol. The molecule has 0 aromatic rings. The molecule has 0 N–H and O–H groups in total. The standard InChI is InChI=1S/C8H11F/c1-7-5-3-2-4-6-8(7)9/h4,6H,2-3,5H2,1H3. The first-order chi connectivity index (χ1) is 4.30. The van der Waals surface area contributed by atoms with E-state index in [0.717, 1.165) is 24.8 Å². The Morgan fingerprint density at radius 3 is 3.11 bits per heavy atom. The Labute approximate surface area is 55.1 Å². The molecular formula is C8H11F. The summed E-state index contributed by atoms with van der Waals surface area (Å²) in [5.74, 6) is -0.0347. The lowest BCUT2D eigenvalue weighted by atomic mass is 10.1. The van der Waals surface area contributed by atoms with Gasteiger partial charge < -0.3 is 0 Å². The SMILES string of the molecule is CC1=C(F)C=CCCC1. The van der Waals surface area contributed by atoms with Gasteiger partial charge in [0.2, 0.25) is 0 Å². The molecule has 0 spiro atoms. The summed E-state index contributed by atoms with van der Waals surface area (Å²) in [5, 5.41) is 0. The van der Waals surface area contributed by atoms with Gasteiger partial charge in [-0.05, 0) is 37.8 Å². The zero-order valence-corrected chi connectivity index (χ0v) is 5.65. The molecule has 1 rings (SSSR count). The van der Waals surface area contributed by atoms with E-state index in [1.807, 2.05) is 13.0 Å². The molecule has 0 heterocycles. The van der Waals surface area contributed by atoms with Crippen LogP contribution < -0.4 is 0 Å². The lowest BCUT2D eigenvalue weighted by Crippen LogP contribution is -1.76. The Morgan fingerprint density at radius 1 is 1.56 bits per heavy atom. The van der Waals surface area contributed by atoms with Crippen molar-refractivity contribution in [2.75, 3.05) is 0 Å². The van der Waals surface area contributed by atoms with E-state index in [2.05, 4.69) is 0 Å². The second-order valence-corrected chi connectivity index (χ2v) is 2.42. The summed E-state index contributed by atoms with van der Waals surface area (Å²) in [5.41, 5.74) is 0.892. The molecule has 1 heteroatoms. The number of rotatable bonds is 0. The summed E-state index contributed by atoms with van der Waals surface area (Å²) in [7, 11) is 0. The molecule has 0 unspecified atom stereocenters. The Bertz CT molecular complexity index is 154. The molecule has 9 heavy (non-hydrogen) atoms. The summed E-state index contributed by atoms with van der Waals surface area (Å²) in [6.45, 7) is 1.85. The van der Waals surface area contributed by atoms with Crippen LogP contribution in [0.5, 0.6) is 0 Å². The molecule has 0 bridgehead atoms. The lowest BCUT2D eigenvalue weighted by Gasteiger charge is -1.94.